The molecule has 2 heterocycles. The van der Waals surface area contributed by atoms with Gasteiger partial charge in [0.1, 0.15) is 5.82 Å². The van der Waals surface area contributed by atoms with Gasteiger partial charge >= 0.3 is 0 Å². The summed E-state index contributed by atoms with van der Waals surface area (Å²) < 4.78 is 1.96. The number of amides is 2. The molecule has 1 aliphatic heterocycles. The lowest BCUT2D eigenvalue weighted by Crippen LogP contribution is -2.42. The number of nitrogens with one attached hydrogen (secondary N) is 2. The van der Waals surface area contributed by atoms with Crippen LogP contribution in [0, 0.1) is 5.92 Å². The van der Waals surface area contributed by atoms with Crippen molar-refractivity contribution >= 4 is 17.6 Å². The molecule has 0 radical (unpaired) electrons. The van der Waals surface area contributed by atoms with E-state index < -0.39 is 0 Å². The Kier molecular flexibility index (Phi) is 5.50. The van der Waals surface area contributed by atoms with Crippen LogP contribution in [-0.2, 0) is 9.59 Å². The summed E-state index contributed by atoms with van der Waals surface area (Å²) in [5, 5.41) is 10.1. The molecule has 1 aliphatic carbocycles. The predicted molar refractivity (Wildman–Crippen MR) is 91.6 cm³/mol. The first kappa shape index (κ1) is 17.0. The third-order valence-corrected chi connectivity index (χ3v) is 5.18. The average molecular weight is 333 g/mol. The van der Waals surface area contributed by atoms with Gasteiger partial charge in [-0.05, 0) is 38.8 Å². The van der Waals surface area contributed by atoms with E-state index in [2.05, 4.69) is 20.6 Å². The summed E-state index contributed by atoms with van der Waals surface area (Å²) in [6.45, 7) is 1.94. The van der Waals surface area contributed by atoms with E-state index in [9.17, 15) is 9.59 Å². The number of nitrogens with zero attached hydrogens (tertiary/aromatic N) is 3. The van der Waals surface area contributed by atoms with Gasteiger partial charge in [-0.15, -0.1) is 0 Å². The zero-order valence-corrected chi connectivity index (χ0v) is 14.3. The average Bonchev–Trinajstić information content (AvgIpc) is 3.26. The SMILES string of the molecule is CNC(=O)C1CCN(CC(=O)Nc2ccnn2C2CCCC2)CC1. The monoisotopic (exact) mass is 333 g/mol. The number of likely N-dealkylation sites (tertiary alicyclic amines) is 1. The highest BCUT2D eigenvalue weighted by Crippen LogP contribution is 2.31. The minimum absolute atomic E-state index is 0.00635. The topological polar surface area (TPSA) is 79.3 Å². The second-order valence-electron chi connectivity index (χ2n) is 6.81. The highest BCUT2D eigenvalue weighted by atomic mass is 16.2. The second-order valence-corrected chi connectivity index (χ2v) is 6.81. The van der Waals surface area contributed by atoms with Crippen molar-refractivity contribution in [3.8, 4) is 0 Å². The Bertz CT molecular complexity index is 571. The van der Waals surface area contributed by atoms with Crippen molar-refractivity contribution in [2.24, 2.45) is 5.92 Å². The summed E-state index contributed by atoms with van der Waals surface area (Å²) in [7, 11) is 1.68. The third kappa shape index (κ3) is 3.95. The van der Waals surface area contributed by atoms with Crippen molar-refractivity contribution in [3.05, 3.63) is 12.3 Å². The summed E-state index contributed by atoms with van der Waals surface area (Å²) in [4.78, 5) is 26.1. The number of hydrogen-bond acceptors (Lipinski definition) is 4. The number of carbonyl (C=O) groups excluding carboxylic acids is 2. The first-order valence-electron chi connectivity index (χ1n) is 8.94. The lowest BCUT2D eigenvalue weighted by Gasteiger charge is -2.30. The quantitative estimate of drug-likeness (QED) is 0.853. The Morgan fingerprint density at radius 3 is 2.58 bits per heavy atom. The van der Waals surface area contributed by atoms with Crippen LogP contribution in [0.25, 0.3) is 0 Å². The molecule has 2 amide bonds. The fourth-order valence-electron chi connectivity index (χ4n) is 3.80. The summed E-state index contributed by atoms with van der Waals surface area (Å²) in [5.41, 5.74) is 0. The van der Waals surface area contributed by atoms with Gasteiger partial charge in [0.15, 0.2) is 0 Å². The van der Waals surface area contributed by atoms with Gasteiger partial charge < -0.3 is 10.6 Å². The second kappa shape index (κ2) is 7.79. The van der Waals surface area contributed by atoms with Crippen molar-refractivity contribution in [2.75, 3.05) is 32.0 Å². The standard InChI is InChI=1S/C17H27N5O2/c1-18-17(24)13-7-10-21(11-8-13)12-16(23)20-15-6-9-19-22(15)14-4-2-3-5-14/h6,9,13-14H,2-5,7-8,10-12H2,1H3,(H,18,24)(H,20,23). The zero-order chi connectivity index (χ0) is 16.9. The van der Waals surface area contributed by atoms with E-state index in [1.807, 2.05) is 10.7 Å². The maximum absolute atomic E-state index is 12.3. The predicted octanol–water partition coefficient (Wildman–Crippen LogP) is 1.39. The van der Waals surface area contributed by atoms with E-state index in [1.54, 1.807) is 13.2 Å². The van der Waals surface area contributed by atoms with Crippen LogP contribution in [-0.4, -0.2) is 53.2 Å². The van der Waals surface area contributed by atoms with Crippen molar-refractivity contribution in [3.63, 3.8) is 0 Å². The lowest BCUT2D eigenvalue weighted by molar-refractivity contribution is -0.126. The van der Waals surface area contributed by atoms with Crippen LogP contribution < -0.4 is 10.6 Å². The molecule has 2 aliphatic rings. The van der Waals surface area contributed by atoms with Gasteiger partial charge in [-0.1, -0.05) is 12.8 Å². The molecule has 3 rings (SSSR count). The summed E-state index contributed by atoms with van der Waals surface area (Å²) >= 11 is 0. The number of rotatable bonds is 5. The van der Waals surface area contributed by atoms with Gasteiger partial charge in [0.25, 0.3) is 0 Å². The van der Waals surface area contributed by atoms with E-state index in [0.29, 0.717) is 12.6 Å². The molecule has 7 nitrogen and oxygen atoms in total. The van der Waals surface area contributed by atoms with E-state index in [4.69, 9.17) is 0 Å². The molecule has 2 N–H and O–H groups in total. The maximum atomic E-state index is 12.3. The Morgan fingerprint density at radius 2 is 1.92 bits per heavy atom. The largest absolute Gasteiger partial charge is 0.359 e. The minimum Gasteiger partial charge on any atom is -0.359 e. The molecule has 132 valence electrons. The number of piperidine rings is 1. The third-order valence-electron chi connectivity index (χ3n) is 5.18. The van der Waals surface area contributed by atoms with Crippen LogP contribution in [0.15, 0.2) is 12.3 Å². The zero-order valence-electron chi connectivity index (χ0n) is 14.3. The Hall–Kier alpha value is -1.89. The number of hydrogen-bond donors (Lipinski definition) is 2. The smallest absolute Gasteiger partial charge is 0.239 e. The number of carbonyl (C=O) groups is 2. The molecule has 1 saturated carbocycles. The summed E-state index contributed by atoms with van der Waals surface area (Å²) in [6, 6.07) is 2.28. The molecule has 1 aromatic rings. The lowest BCUT2D eigenvalue weighted by atomic mass is 9.96. The van der Waals surface area contributed by atoms with E-state index >= 15 is 0 Å². The Balaban J connectivity index is 1.48. The van der Waals surface area contributed by atoms with Crippen LogP contribution >= 0.6 is 0 Å². The molecule has 0 spiro atoms. The van der Waals surface area contributed by atoms with E-state index in [-0.39, 0.29) is 17.7 Å². The molecule has 7 heteroatoms. The van der Waals surface area contributed by atoms with Crippen LogP contribution in [0.2, 0.25) is 0 Å². The van der Waals surface area contributed by atoms with Crippen molar-refractivity contribution < 1.29 is 9.59 Å². The molecule has 0 atom stereocenters. The first-order chi connectivity index (χ1) is 11.7. The van der Waals surface area contributed by atoms with Gasteiger partial charge in [0, 0.05) is 19.0 Å². The molecular formula is C17H27N5O2. The molecular weight excluding hydrogens is 306 g/mol. The van der Waals surface area contributed by atoms with Gasteiger partial charge in [-0.25, -0.2) is 4.68 Å². The fourth-order valence-corrected chi connectivity index (χ4v) is 3.80. The van der Waals surface area contributed by atoms with Gasteiger partial charge in [0.05, 0.1) is 18.8 Å². The normalized spacial score (nSPS) is 20.2. The molecule has 0 aromatic carbocycles. The van der Waals surface area contributed by atoms with Gasteiger partial charge in [-0.3, -0.25) is 14.5 Å². The highest BCUT2D eigenvalue weighted by molar-refractivity contribution is 5.91. The molecule has 0 bridgehead atoms. The molecule has 24 heavy (non-hydrogen) atoms. The van der Waals surface area contributed by atoms with Crippen molar-refractivity contribution in [1.29, 1.82) is 0 Å². The fraction of sp³-hybridized carbons (Fsp3) is 0.706. The number of aromatic nitrogens is 2. The minimum atomic E-state index is -0.00635. The molecule has 1 aromatic heterocycles. The maximum Gasteiger partial charge on any atom is 0.239 e. The first-order valence-corrected chi connectivity index (χ1v) is 8.94. The highest BCUT2D eigenvalue weighted by Gasteiger charge is 2.26. The molecule has 2 fully saturated rings. The number of anilines is 1. The van der Waals surface area contributed by atoms with Crippen LogP contribution in [0.4, 0.5) is 5.82 Å². The Morgan fingerprint density at radius 1 is 1.21 bits per heavy atom. The van der Waals surface area contributed by atoms with Crippen molar-refractivity contribution in [1.82, 2.24) is 20.0 Å². The molecule has 0 unspecified atom stereocenters. The van der Waals surface area contributed by atoms with Crippen LogP contribution in [0.1, 0.15) is 44.6 Å². The van der Waals surface area contributed by atoms with Crippen LogP contribution in [0.5, 0.6) is 0 Å². The van der Waals surface area contributed by atoms with Crippen LogP contribution in [0.3, 0.4) is 0 Å². The van der Waals surface area contributed by atoms with Gasteiger partial charge in [0.2, 0.25) is 11.8 Å². The van der Waals surface area contributed by atoms with E-state index in [1.165, 1.54) is 12.8 Å². The Labute approximate surface area is 142 Å². The van der Waals surface area contributed by atoms with Crippen molar-refractivity contribution in [2.45, 2.75) is 44.6 Å². The van der Waals surface area contributed by atoms with E-state index in [0.717, 1.165) is 44.6 Å². The van der Waals surface area contributed by atoms with Gasteiger partial charge in [-0.2, -0.15) is 5.10 Å². The molecule has 1 saturated heterocycles. The summed E-state index contributed by atoms with van der Waals surface area (Å²) in [5.74, 6) is 0.984. The summed E-state index contributed by atoms with van der Waals surface area (Å²) in [6.07, 6.45) is 8.12.